The van der Waals surface area contributed by atoms with E-state index in [1.54, 1.807) is 7.11 Å². The van der Waals surface area contributed by atoms with Crippen LogP contribution in [0.3, 0.4) is 0 Å². The van der Waals surface area contributed by atoms with E-state index >= 15 is 0 Å². The number of thioether (sulfide) groups is 1. The summed E-state index contributed by atoms with van der Waals surface area (Å²) >= 11 is 2.08. The van der Waals surface area contributed by atoms with Crippen molar-refractivity contribution in [2.24, 2.45) is 17.6 Å². The molecular formula is C13H27NOS. The second-order valence-electron chi connectivity index (χ2n) is 4.87. The molecule has 0 aromatic heterocycles. The number of ether oxygens (including phenoxy) is 1. The lowest BCUT2D eigenvalue weighted by Gasteiger charge is -2.35. The van der Waals surface area contributed by atoms with Crippen molar-refractivity contribution in [3.8, 4) is 0 Å². The average Bonchev–Trinajstić information content (AvgIpc) is 2.30. The molecule has 0 amide bonds. The zero-order valence-corrected chi connectivity index (χ0v) is 11.6. The molecule has 0 spiro atoms. The molecule has 1 saturated carbocycles. The third kappa shape index (κ3) is 4.64. The van der Waals surface area contributed by atoms with Gasteiger partial charge in [-0.15, -0.1) is 0 Å². The van der Waals surface area contributed by atoms with E-state index in [2.05, 4.69) is 18.7 Å². The van der Waals surface area contributed by atoms with Crippen molar-refractivity contribution in [1.82, 2.24) is 0 Å². The third-order valence-corrected chi connectivity index (χ3v) is 5.06. The van der Waals surface area contributed by atoms with Crippen LogP contribution in [0.2, 0.25) is 0 Å². The first-order valence-corrected chi connectivity index (χ1v) is 7.67. The first kappa shape index (κ1) is 14.3. The van der Waals surface area contributed by atoms with Gasteiger partial charge in [-0.1, -0.05) is 26.2 Å². The topological polar surface area (TPSA) is 35.2 Å². The van der Waals surface area contributed by atoms with Gasteiger partial charge in [-0.2, -0.15) is 11.8 Å². The molecular weight excluding hydrogens is 218 g/mol. The monoisotopic (exact) mass is 245 g/mol. The second-order valence-corrected chi connectivity index (χ2v) is 6.21. The van der Waals surface area contributed by atoms with E-state index in [0.29, 0.717) is 0 Å². The summed E-state index contributed by atoms with van der Waals surface area (Å²) in [6.07, 6.45) is 6.85. The SMILES string of the molecule is CCCC1CCC(CN)C(SCCOC)C1. The summed E-state index contributed by atoms with van der Waals surface area (Å²) in [5, 5.41) is 0.783. The Morgan fingerprint density at radius 2 is 2.19 bits per heavy atom. The van der Waals surface area contributed by atoms with Crippen molar-refractivity contribution >= 4 is 11.8 Å². The molecule has 0 radical (unpaired) electrons. The fourth-order valence-electron chi connectivity index (χ4n) is 2.70. The molecule has 3 heteroatoms. The van der Waals surface area contributed by atoms with Crippen LogP contribution in [0.15, 0.2) is 0 Å². The van der Waals surface area contributed by atoms with Gasteiger partial charge in [0.25, 0.3) is 0 Å². The lowest BCUT2D eigenvalue weighted by molar-refractivity contribution is 0.218. The van der Waals surface area contributed by atoms with E-state index in [9.17, 15) is 0 Å². The van der Waals surface area contributed by atoms with Crippen LogP contribution in [0.4, 0.5) is 0 Å². The Balaban J connectivity index is 2.34. The molecule has 96 valence electrons. The summed E-state index contributed by atoms with van der Waals surface area (Å²) in [5.74, 6) is 2.82. The van der Waals surface area contributed by atoms with E-state index < -0.39 is 0 Å². The Morgan fingerprint density at radius 3 is 2.81 bits per heavy atom. The molecule has 1 aliphatic rings. The summed E-state index contributed by atoms with van der Waals surface area (Å²) in [5.41, 5.74) is 5.87. The standard InChI is InChI=1S/C13H27NOS/c1-3-4-11-5-6-12(10-14)13(9-11)16-8-7-15-2/h11-13H,3-10,14H2,1-2H3. The van der Waals surface area contributed by atoms with Gasteiger partial charge in [0.15, 0.2) is 0 Å². The molecule has 0 aromatic carbocycles. The molecule has 0 bridgehead atoms. The molecule has 3 atom stereocenters. The van der Waals surface area contributed by atoms with Crippen LogP contribution >= 0.6 is 11.8 Å². The van der Waals surface area contributed by atoms with Gasteiger partial charge in [0.1, 0.15) is 0 Å². The zero-order valence-electron chi connectivity index (χ0n) is 10.8. The van der Waals surface area contributed by atoms with Gasteiger partial charge >= 0.3 is 0 Å². The Bertz CT molecular complexity index is 177. The molecule has 0 heterocycles. The molecule has 3 unspecified atom stereocenters. The predicted octanol–water partition coefficient (Wildman–Crippen LogP) is 2.91. The summed E-state index contributed by atoms with van der Waals surface area (Å²) in [4.78, 5) is 0. The van der Waals surface area contributed by atoms with Gasteiger partial charge in [0.2, 0.25) is 0 Å². The van der Waals surface area contributed by atoms with E-state index in [-0.39, 0.29) is 0 Å². The van der Waals surface area contributed by atoms with E-state index in [4.69, 9.17) is 10.5 Å². The maximum atomic E-state index is 5.87. The van der Waals surface area contributed by atoms with E-state index in [1.807, 2.05) is 0 Å². The van der Waals surface area contributed by atoms with Crippen molar-refractivity contribution in [2.45, 2.75) is 44.3 Å². The first-order chi connectivity index (χ1) is 7.81. The van der Waals surface area contributed by atoms with Crippen LogP contribution in [0, 0.1) is 11.8 Å². The zero-order chi connectivity index (χ0) is 11.8. The minimum Gasteiger partial charge on any atom is -0.384 e. The number of hydrogen-bond acceptors (Lipinski definition) is 3. The highest BCUT2D eigenvalue weighted by atomic mass is 32.2. The first-order valence-electron chi connectivity index (χ1n) is 6.62. The van der Waals surface area contributed by atoms with Crippen LogP contribution in [0.1, 0.15) is 39.0 Å². The van der Waals surface area contributed by atoms with Crippen molar-refractivity contribution in [3.63, 3.8) is 0 Å². The summed E-state index contributed by atoms with van der Waals surface area (Å²) in [6, 6.07) is 0. The highest BCUT2D eigenvalue weighted by Gasteiger charge is 2.29. The van der Waals surface area contributed by atoms with Crippen molar-refractivity contribution in [2.75, 3.05) is 26.0 Å². The average molecular weight is 245 g/mol. The lowest BCUT2D eigenvalue weighted by atomic mass is 9.80. The minimum atomic E-state index is 0.745. The van der Waals surface area contributed by atoms with Gasteiger partial charge in [-0.3, -0.25) is 0 Å². The molecule has 2 nitrogen and oxygen atoms in total. The van der Waals surface area contributed by atoms with Gasteiger partial charge in [0, 0.05) is 18.1 Å². The van der Waals surface area contributed by atoms with Crippen LogP contribution in [0.25, 0.3) is 0 Å². The molecule has 0 aliphatic heterocycles. The number of methoxy groups -OCH3 is 1. The predicted molar refractivity (Wildman–Crippen MR) is 72.9 cm³/mol. The minimum absolute atomic E-state index is 0.745. The Hall–Kier alpha value is 0.270. The molecule has 16 heavy (non-hydrogen) atoms. The molecule has 2 N–H and O–H groups in total. The maximum Gasteiger partial charge on any atom is 0.0553 e. The number of hydrogen-bond donors (Lipinski definition) is 1. The number of rotatable bonds is 7. The maximum absolute atomic E-state index is 5.87. The molecule has 0 saturated heterocycles. The van der Waals surface area contributed by atoms with Crippen LogP contribution in [-0.4, -0.2) is 31.3 Å². The smallest absolute Gasteiger partial charge is 0.0553 e. The molecule has 0 aromatic rings. The van der Waals surface area contributed by atoms with Crippen LogP contribution in [0.5, 0.6) is 0 Å². The van der Waals surface area contributed by atoms with Gasteiger partial charge in [0.05, 0.1) is 6.61 Å². The van der Waals surface area contributed by atoms with Crippen LogP contribution < -0.4 is 5.73 Å². The highest BCUT2D eigenvalue weighted by Crippen LogP contribution is 2.37. The summed E-state index contributed by atoms with van der Waals surface area (Å²) < 4.78 is 5.12. The molecule has 1 aliphatic carbocycles. The van der Waals surface area contributed by atoms with Crippen molar-refractivity contribution < 1.29 is 4.74 Å². The normalized spacial score (nSPS) is 30.6. The largest absolute Gasteiger partial charge is 0.384 e. The fourth-order valence-corrected chi connectivity index (χ4v) is 4.19. The highest BCUT2D eigenvalue weighted by molar-refractivity contribution is 7.99. The van der Waals surface area contributed by atoms with Crippen molar-refractivity contribution in [1.29, 1.82) is 0 Å². The Kier molecular flexibility index (Phi) is 7.50. The fraction of sp³-hybridized carbons (Fsp3) is 1.00. The lowest BCUT2D eigenvalue weighted by Crippen LogP contribution is -2.32. The van der Waals surface area contributed by atoms with Crippen molar-refractivity contribution in [3.05, 3.63) is 0 Å². The quantitative estimate of drug-likeness (QED) is 0.701. The second kappa shape index (κ2) is 8.37. The molecule has 1 fully saturated rings. The Morgan fingerprint density at radius 1 is 1.38 bits per heavy atom. The van der Waals surface area contributed by atoms with Gasteiger partial charge < -0.3 is 10.5 Å². The van der Waals surface area contributed by atoms with E-state index in [0.717, 1.165) is 36.0 Å². The summed E-state index contributed by atoms with van der Waals surface area (Å²) in [7, 11) is 1.78. The van der Waals surface area contributed by atoms with Crippen LogP contribution in [-0.2, 0) is 4.74 Å². The third-order valence-electron chi connectivity index (χ3n) is 3.66. The Labute approximate surface area is 105 Å². The number of nitrogens with two attached hydrogens (primary N) is 1. The van der Waals surface area contributed by atoms with Gasteiger partial charge in [-0.25, -0.2) is 0 Å². The van der Waals surface area contributed by atoms with Gasteiger partial charge in [-0.05, 0) is 31.2 Å². The summed E-state index contributed by atoms with van der Waals surface area (Å²) in [6.45, 7) is 4.03. The van der Waals surface area contributed by atoms with E-state index in [1.165, 1.54) is 32.1 Å². The molecule has 1 rings (SSSR count).